The molecule has 8 atom stereocenters. The topological polar surface area (TPSA) is 270 Å². The highest BCUT2D eigenvalue weighted by atomic mass is 127. The lowest BCUT2D eigenvalue weighted by Crippen LogP contribution is -2.70. The van der Waals surface area contributed by atoms with E-state index in [0.717, 1.165) is 76.8 Å². The molecule has 34 heteroatoms. The number of carbonyl (C=O) groups is 12. The molecule has 3 saturated carbocycles. The third-order valence-electron chi connectivity index (χ3n) is 23.3. The number of aryl methyl sites for hydroxylation is 1. The van der Waals surface area contributed by atoms with Crippen molar-refractivity contribution in [2.45, 2.75) is 241 Å². The fraction of sp³-hybridized carbons (Fsp3) is 0.747. The molecule has 0 radical (unpaired) electrons. The van der Waals surface area contributed by atoms with Gasteiger partial charge in [-0.3, -0.25) is 57.5 Å². The number of rotatable bonds is 12. The van der Waals surface area contributed by atoms with Crippen LogP contribution >= 0.6 is 20.7 Å². The Balaban J connectivity index is 1.20. The summed E-state index contributed by atoms with van der Waals surface area (Å²) in [6.45, 7) is 0.105. The number of likely N-dealkylation sites (tertiary alicyclic amines) is 1. The summed E-state index contributed by atoms with van der Waals surface area (Å²) in [6.07, 6.45) is 1.26. The number of nitrogens with zero attached hydrogens (tertiary/aromatic N) is 9. The molecule has 24 nitrogen and oxygen atoms in total. The van der Waals surface area contributed by atoms with E-state index in [9.17, 15) is 50.7 Å². The Morgan fingerprint density at radius 1 is 0.624 bits per heavy atom. The zero-order valence-electron chi connectivity index (χ0n) is 64.3. The molecular weight excluding hydrogens is 1560 g/mol. The minimum Gasteiger partial charge on any atom is -0.343 e. The highest BCUT2D eigenvalue weighted by Gasteiger charge is 2.75. The monoisotopic (exact) mass is 1670 g/mol. The number of benzene rings is 1. The summed E-state index contributed by atoms with van der Waals surface area (Å²) in [6, 6.07) is -7.28. The zero-order valence-corrected chi connectivity index (χ0v) is 66.5. The van der Waals surface area contributed by atoms with Gasteiger partial charge in [0.2, 0.25) is 70.9 Å². The van der Waals surface area contributed by atoms with Crippen molar-refractivity contribution >= 4 is 95.1 Å². The highest BCUT2D eigenvalue weighted by molar-refractivity contribution is 14.2. The van der Waals surface area contributed by atoms with E-state index in [1.807, 2.05) is 0 Å². The van der Waals surface area contributed by atoms with Crippen LogP contribution in [0, 0.1) is 23.7 Å². The van der Waals surface area contributed by atoms with E-state index in [-0.39, 0.29) is 93.6 Å². The fourth-order valence-corrected chi connectivity index (χ4v) is 17.8. The van der Waals surface area contributed by atoms with Gasteiger partial charge in [-0.1, -0.05) is 110 Å². The third-order valence-corrected chi connectivity index (χ3v) is 25.4. The van der Waals surface area contributed by atoms with Gasteiger partial charge in [-0.15, -0.1) is 20.7 Å². The summed E-state index contributed by atoms with van der Waals surface area (Å²) >= 11 is -0.601. The Labute approximate surface area is 641 Å². The average molecular weight is 1670 g/mol. The summed E-state index contributed by atoms with van der Waals surface area (Å²) in [4.78, 5) is 188. The maximum Gasteiger partial charge on any atom is 0.417 e. The normalized spacial score (nSPS) is 27.7. The van der Waals surface area contributed by atoms with Gasteiger partial charge in [0.1, 0.15) is 47.8 Å². The molecule has 4 aliphatic heterocycles. The van der Waals surface area contributed by atoms with Crippen molar-refractivity contribution in [1.29, 1.82) is 0 Å². The van der Waals surface area contributed by atoms with E-state index >= 15 is 46.3 Å². The molecule has 7 aliphatic rings. The van der Waals surface area contributed by atoms with E-state index in [1.54, 1.807) is 27.7 Å². The minimum atomic E-state index is -5.97. The van der Waals surface area contributed by atoms with Crippen LogP contribution in [0.15, 0.2) is 18.2 Å². The predicted molar refractivity (Wildman–Crippen MR) is 393 cm³/mol. The van der Waals surface area contributed by atoms with Crippen LogP contribution in [-0.2, 0) is 70.1 Å². The second-order valence-electron chi connectivity index (χ2n) is 31.7. The zero-order chi connectivity index (χ0) is 80.7. The maximum atomic E-state index is 15.8. The number of alkyl halides is 10. The Kier molecular flexibility index (Phi) is 29.0. The fourth-order valence-electron chi connectivity index (χ4n) is 16.3. The number of likely N-dealkylation sites (N-methyl/N-ethyl adjacent to an activating group) is 7. The van der Waals surface area contributed by atoms with Gasteiger partial charge in [0.15, 0.2) is 0 Å². The van der Waals surface area contributed by atoms with E-state index < -0.39 is 226 Å². The summed E-state index contributed by atoms with van der Waals surface area (Å²) in [5.74, 6) is -30.2. The molecule has 109 heavy (non-hydrogen) atoms. The molecule has 3 saturated heterocycles. The summed E-state index contributed by atoms with van der Waals surface area (Å²) in [7, 11) is 8.65. The van der Waals surface area contributed by atoms with Gasteiger partial charge in [0, 0.05) is 60.3 Å². The van der Waals surface area contributed by atoms with Crippen LogP contribution < -0.4 is 16.0 Å². The SMILES string of the molecule is CC[C@H](C)[C@@H]1NC(=O)[C@H](CC(C)C)N(C)C(=O)C[C@@H](C(=O)N2CC(F)(F)C(F)(F)C(F)(F)C2)N(C)C(=O)[C@H](C2CCCCC2)N(C)C(=O)C2(CCCC2)NC(=O)[C@@H]2CCCN2C(=O)[C@H](CCc2ccc(C(F)(F)F)c(C3=IC3)c2)NC(=O)CN(C)C(=O)[C@H](CC2CCCCC2)N(C)C(=O)CN(C)C(=O)CN(C)C1=O. The van der Waals surface area contributed by atoms with Gasteiger partial charge >= 0.3 is 23.9 Å². The van der Waals surface area contributed by atoms with Gasteiger partial charge in [-0.2, -0.15) is 39.5 Å². The first-order chi connectivity index (χ1) is 51.0. The number of hydrogen-bond donors (Lipinski definition) is 3. The van der Waals surface area contributed by atoms with Gasteiger partial charge in [0.05, 0.1) is 44.7 Å². The molecule has 3 N–H and O–H groups in total. The average Bonchev–Trinajstić information content (AvgIpc) is 1.73. The molecule has 1 spiro atoms. The van der Waals surface area contributed by atoms with Gasteiger partial charge in [-0.25, -0.2) is 0 Å². The van der Waals surface area contributed by atoms with Crippen molar-refractivity contribution in [3.8, 4) is 0 Å². The lowest BCUT2D eigenvalue weighted by atomic mass is 9.81. The van der Waals surface area contributed by atoms with Crippen molar-refractivity contribution in [1.82, 2.24) is 60.0 Å². The molecule has 12 amide bonds. The number of piperidine rings is 1. The Bertz CT molecular complexity index is 3570. The molecular formula is C75H108F9IN12O12. The molecule has 6 fully saturated rings. The number of fused-ring (bicyclic) bond motifs is 1. The quantitative estimate of drug-likeness (QED) is 0.108. The smallest absolute Gasteiger partial charge is 0.343 e. The summed E-state index contributed by atoms with van der Waals surface area (Å²) in [5.41, 5.74) is -2.17. The number of amides is 12. The van der Waals surface area contributed by atoms with Crippen LogP contribution in [-0.4, -0.2) is 277 Å². The molecule has 1 aromatic rings. The van der Waals surface area contributed by atoms with Crippen molar-refractivity contribution in [3.63, 3.8) is 0 Å². The molecule has 0 unspecified atom stereocenters. The Hall–Kier alpha value is -7.17. The molecule has 3 aliphatic carbocycles. The summed E-state index contributed by atoms with van der Waals surface area (Å²) < 4.78 is 136. The largest absolute Gasteiger partial charge is 0.417 e. The standard InChI is InChI=1S/C75H108F9IN12O12/c1-12-45(4)61-68(107)91(7)40-59(100)89(5)41-60(101)93(9)55(36-46-22-15-13-16-23-46)66(105)90(6)39-57(98)86-52(30-28-47-27-29-50(74(80,81)82)49(35-47)51-38-85-51)65(104)97-33-21-26-53(97)64(103)88-71(31-19-20-32-71)70(109)95(11)62(48-24-17-14-18-25-48)69(108)94(10)56(37-58(99)92(8)54(34-44(2)3)63(102)87-61)67(106)96-42-72(76,77)75(83,84)73(78,79)43-96/h27,29,35,44-46,48,52-56,61-62H,12-26,28,30-34,36-43H2,1-11H3,(H,86,98)(H,87,102)(H,88,103)/t45-,52-,53-,54-,55-,56-,61-,62-/m0/s1. The van der Waals surface area contributed by atoms with Crippen molar-refractivity contribution in [2.75, 3.05) is 93.0 Å². The van der Waals surface area contributed by atoms with Crippen LogP contribution in [0.25, 0.3) is 0 Å². The van der Waals surface area contributed by atoms with E-state index in [4.69, 9.17) is 0 Å². The first-order valence-electron chi connectivity index (χ1n) is 38.1. The second-order valence-corrected chi connectivity index (χ2v) is 34.5. The molecule has 1 aromatic carbocycles. The van der Waals surface area contributed by atoms with E-state index in [2.05, 4.69) is 16.0 Å². The molecule has 610 valence electrons. The number of carbonyl (C=O) groups excluding carboxylic acids is 12. The first-order valence-corrected chi connectivity index (χ1v) is 40.7. The van der Waals surface area contributed by atoms with Crippen molar-refractivity contribution in [2.24, 2.45) is 23.7 Å². The highest BCUT2D eigenvalue weighted by Crippen LogP contribution is 2.50. The second kappa shape index (κ2) is 36.1. The van der Waals surface area contributed by atoms with Gasteiger partial charge in [-0.05, 0) is 109 Å². The van der Waals surface area contributed by atoms with Gasteiger partial charge in [0.25, 0.3) is 0 Å². The molecule has 0 bridgehead atoms. The lowest BCUT2D eigenvalue weighted by molar-refractivity contribution is -0.335. The maximum absolute atomic E-state index is 15.8. The van der Waals surface area contributed by atoms with Crippen molar-refractivity contribution in [3.05, 3.63) is 34.9 Å². The summed E-state index contributed by atoms with van der Waals surface area (Å²) in [5, 5.41) is 8.41. The Morgan fingerprint density at radius 2 is 1.20 bits per heavy atom. The molecule has 8 rings (SSSR count). The first kappa shape index (κ1) is 87.4. The number of halogens is 10. The number of nitrogens with one attached hydrogen (secondary N) is 3. The van der Waals surface area contributed by atoms with Crippen LogP contribution in [0.1, 0.15) is 179 Å². The Morgan fingerprint density at radius 3 is 1.78 bits per heavy atom. The third kappa shape index (κ3) is 20.4. The van der Waals surface area contributed by atoms with E-state index in [1.165, 1.54) is 57.2 Å². The van der Waals surface area contributed by atoms with Gasteiger partial charge < -0.3 is 60.0 Å². The van der Waals surface area contributed by atoms with Crippen molar-refractivity contribution < 1.29 is 97.0 Å². The minimum absolute atomic E-state index is 0.0224. The molecule has 0 aromatic heterocycles. The van der Waals surface area contributed by atoms with Crippen LogP contribution in [0.4, 0.5) is 39.5 Å². The van der Waals surface area contributed by atoms with Crippen LogP contribution in [0.5, 0.6) is 0 Å². The predicted octanol–water partition coefficient (Wildman–Crippen LogP) is 7.01. The lowest BCUT2D eigenvalue weighted by Gasteiger charge is -2.45. The van der Waals surface area contributed by atoms with E-state index in [0.29, 0.717) is 50.5 Å². The van der Waals surface area contributed by atoms with Crippen LogP contribution in [0.2, 0.25) is 0 Å². The molecule has 4 heterocycles. The van der Waals surface area contributed by atoms with Crippen LogP contribution in [0.3, 0.4) is 0 Å². The number of hydrogen-bond acceptors (Lipinski definition) is 12.